The van der Waals surface area contributed by atoms with Gasteiger partial charge in [-0.25, -0.2) is 4.98 Å². The van der Waals surface area contributed by atoms with Gasteiger partial charge in [0.25, 0.3) is 5.91 Å². The molecular formula is C23H32N4O3S. The Bertz CT molecular complexity index is 1050. The summed E-state index contributed by atoms with van der Waals surface area (Å²) < 4.78 is 13.3. The largest absolute Gasteiger partial charge is 0.379 e. The quantitative estimate of drug-likeness (QED) is 0.522. The number of nitrogens with zero attached hydrogens (tertiary/aromatic N) is 4. The lowest BCUT2D eigenvalue weighted by Crippen LogP contribution is -2.38. The number of ether oxygens (including phenoxy) is 2. The van der Waals surface area contributed by atoms with Crippen molar-refractivity contribution in [2.75, 3.05) is 53.0 Å². The number of amides is 1. The van der Waals surface area contributed by atoms with Crippen molar-refractivity contribution in [1.29, 1.82) is 0 Å². The van der Waals surface area contributed by atoms with Crippen LogP contribution in [-0.4, -0.2) is 78.1 Å². The van der Waals surface area contributed by atoms with E-state index in [9.17, 15) is 4.79 Å². The second-order valence-corrected chi connectivity index (χ2v) is 10.4. The molecule has 0 bridgehead atoms. The van der Waals surface area contributed by atoms with Crippen LogP contribution in [0, 0.1) is 5.41 Å². The van der Waals surface area contributed by atoms with Crippen molar-refractivity contribution in [1.82, 2.24) is 19.2 Å². The number of aromatic nitrogens is 2. The number of carbonyl (C=O) groups excluding carboxylic acids is 1. The molecule has 0 spiro atoms. The summed E-state index contributed by atoms with van der Waals surface area (Å²) in [5, 5.41) is 0. The number of morpholine rings is 1. The molecule has 0 N–H and O–H groups in total. The summed E-state index contributed by atoms with van der Waals surface area (Å²) in [5.74, 6) is 0.0428. The summed E-state index contributed by atoms with van der Waals surface area (Å²) in [7, 11) is 1.86. The van der Waals surface area contributed by atoms with Gasteiger partial charge in [-0.3, -0.25) is 14.1 Å². The minimum atomic E-state index is 0.0428. The van der Waals surface area contributed by atoms with E-state index in [-0.39, 0.29) is 11.3 Å². The number of imidazole rings is 1. The predicted molar refractivity (Wildman–Crippen MR) is 124 cm³/mol. The maximum absolute atomic E-state index is 12.9. The Labute approximate surface area is 187 Å². The van der Waals surface area contributed by atoms with E-state index in [0.717, 1.165) is 54.4 Å². The van der Waals surface area contributed by atoms with Crippen LogP contribution in [0.2, 0.25) is 0 Å². The molecule has 4 rings (SSSR count). The highest BCUT2D eigenvalue weighted by molar-refractivity contribution is 7.18. The lowest BCUT2D eigenvalue weighted by molar-refractivity contribution is 0.0180. The highest BCUT2D eigenvalue weighted by Crippen LogP contribution is 2.26. The number of hydrogen-bond acceptors (Lipinski definition) is 6. The van der Waals surface area contributed by atoms with Gasteiger partial charge in [0.1, 0.15) is 4.88 Å². The van der Waals surface area contributed by atoms with E-state index < -0.39 is 0 Å². The van der Waals surface area contributed by atoms with Gasteiger partial charge in [0.05, 0.1) is 37.5 Å². The van der Waals surface area contributed by atoms with E-state index in [1.165, 1.54) is 11.3 Å². The van der Waals surface area contributed by atoms with Crippen molar-refractivity contribution < 1.29 is 14.3 Å². The average Bonchev–Trinajstić information content (AvgIpc) is 3.28. The van der Waals surface area contributed by atoms with Gasteiger partial charge in [0.2, 0.25) is 0 Å². The van der Waals surface area contributed by atoms with E-state index in [0.29, 0.717) is 24.6 Å². The van der Waals surface area contributed by atoms with Gasteiger partial charge in [-0.1, -0.05) is 38.2 Å². The molecule has 1 aliphatic heterocycles. The summed E-state index contributed by atoms with van der Waals surface area (Å²) in [6.07, 6.45) is 1.92. The highest BCUT2D eigenvalue weighted by atomic mass is 32.1. The Hall–Kier alpha value is -2.00. The van der Waals surface area contributed by atoms with Crippen molar-refractivity contribution in [3.05, 3.63) is 34.8 Å². The van der Waals surface area contributed by atoms with Crippen molar-refractivity contribution in [3.8, 4) is 0 Å². The van der Waals surface area contributed by atoms with Crippen molar-refractivity contribution in [2.45, 2.75) is 27.4 Å². The summed E-state index contributed by atoms with van der Waals surface area (Å²) in [6.45, 7) is 12.9. The summed E-state index contributed by atoms with van der Waals surface area (Å²) in [6, 6.07) is 6.21. The number of thiazole rings is 1. The molecule has 1 aromatic carbocycles. The first-order chi connectivity index (χ1) is 14.8. The molecule has 3 heterocycles. The Morgan fingerprint density at radius 1 is 1.29 bits per heavy atom. The van der Waals surface area contributed by atoms with Crippen LogP contribution in [0.4, 0.5) is 0 Å². The molecule has 7 nitrogen and oxygen atoms in total. The van der Waals surface area contributed by atoms with Gasteiger partial charge in [-0.15, -0.1) is 0 Å². The van der Waals surface area contributed by atoms with Gasteiger partial charge in [0.15, 0.2) is 4.96 Å². The molecule has 0 radical (unpaired) electrons. The molecule has 0 unspecified atom stereocenters. The molecule has 0 atom stereocenters. The van der Waals surface area contributed by atoms with E-state index in [4.69, 9.17) is 14.5 Å². The molecule has 3 aromatic rings. The second kappa shape index (κ2) is 9.24. The molecule has 1 fully saturated rings. The number of carbonyl (C=O) groups is 1. The third-order valence-corrected chi connectivity index (χ3v) is 6.33. The summed E-state index contributed by atoms with van der Waals surface area (Å²) in [4.78, 5) is 23.3. The molecule has 8 heteroatoms. The fraction of sp³-hybridized carbons (Fsp3) is 0.565. The molecule has 0 aliphatic carbocycles. The molecular weight excluding hydrogens is 412 g/mol. The number of rotatable bonds is 7. The first-order valence-corrected chi connectivity index (χ1v) is 11.7. The fourth-order valence-electron chi connectivity index (χ4n) is 3.92. The number of hydrogen-bond donors (Lipinski definition) is 0. The van der Waals surface area contributed by atoms with Gasteiger partial charge < -0.3 is 14.4 Å². The van der Waals surface area contributed by atoms with Gasteiger partial charge in [-0.2, -0.15) is 0 Å². The Balaban J connectivity index is 1.43. The van der Waals surface area contributed by atoms with Crippen LogP contribution in [0.3, 0.4) is 0 Å². The molecule has 31 heavy (non-hydrogen) atoms. The molecule has 1 aliphatic rings. The van der Waals surface area contributed by atoms with Crippen molar-refractivity contribution in [2.24, 2.45) is 5.41 Å². The zero-order valence-corrected chi connectivity index (χ0v) is 19.7. The smallest absolute Gasteiger partial charge is 0.265 e. The zero-order valence-electron chi connectivity index (χ0n) is 18.9. The summed E-state index contributed by atoms with van der Waals surface area (Å²) in [5.41, 5.74) is 3.12. The first-order valence-electron chi connectivity index (χ1n) is 10.8. The van der Waals surface area contributed by atoms with E-state index >= 15 is 0 Å². The standard InChI is InChI=1S/C23H32N4O3S/c1-23(2,3)16-25(4)21(28)20-14-27-19-13-17(5-6-18(19)24-22(27)31-20)15-30-12-9-26-7-10-29-11-8-26/h5-6,13-14H,7-12,15-16H2,1-4H3. The number of fused-ring (bicyclic) bond motifs is 3. The lowest BCUT2D eigenvalue weighted by Gasteiger charge is -2.26. The van der Waals surface area contributed by atoms with E-state index in [1.807, 2.05) is 23.7 Å². The lowest BCUT2D eigenvalue weighted by atomic mass is 9.96. The second-order valence-electron chi connectivity index (χ2n) is 9.41. The highest BCUT2D eigenvalue weighted by Gasteiger charge is 2.21. The van der Waals surface area contributed by atoms with E-state index in [1.54, 1.807) is 4.90 Å². The van der Waals surface area contributed by atoms with Crippen LogP contribution in [0.1, 0.15) is 36.0 Å². The normalized spacial score (nSPS) is 15.7. The predicted octanol–water partition coefficient (Wildman–Crippen LogP) is 3.52. The average molecular weight is 445 g/mol. The third-order valence-electron chi connectivity index (χ3n) is 5.36. The topological polar surface area (TPSA) is 59.3 Å². The van der Waals surface area contributed by atoms with E-state index in [2.05, 4.69) is 37.8 Å². The summed E-state index contributed by atoms with van der Waals surface area (Å²) >= 11 is 1.44. The van der Waals surface area contributed by atoms with Gasteiger partial charge in [-0.05, 0) is 23.1 Å². The SMILES string of the molecule is CN(CC(C)(C)C)C(=O)c1cn2c(nc3ccc(COCCN4CCOCC4)cc32)s1. The van der Waals surface area contributed by atoms with Crippen LogP contribution in [0.25, 0.3) is 16.0 Å². The Morgan fingerprint density at radius 3 is 2.81 bits per heavy atom. The molecule has 1 saturated heterocycles. The van der Waals surface area contributed by atoms with Crippen molar-refractivity contribution >= 4 is 33.2 Å². The zero-order chi connectivity index (χ0) is 22.0. The molecule has 168 valence electrons. The maximum Gasteiger partial charge on any atom is 0.265 e. The van der Waals surface area contributed by atoms with Crippen LogP contribution in [0.15, 0.2) is 24.4 Å². The Kier molecular flexibility index (Phi) is 6.62. The monoisotopic (exact) mass is 444 g/mol. The molecule has 2 aromatic heterocycles. The minimum Gasteiger partial charge on any atom is -0.379 e. The van der Waals surface area contributed by atoms with Crippen LogP contribution < -0.4 is 0 Å². The van der Waals surface area contributed by atoms with Crippen LogP contribution >= 0.6 is 11.3 Å². The molecule has 0 saturated carbocycles. The minimum absolute atomic E-state index is 0.0428. The maximum atomic E-state index is 12.9. The van der Waals surface area contributed by atoms with Gasteiger partial charge in [0, 0.05) is 39.4 Å². The van der Waals surface area contributed by atoms with Crippen molar-refractivity contribution in [3.63, 3.8) is 0 Å². The first kappa shape index (κ1) is 22.2. The third kappa shape index (κ3) is 5.44. The van der Waals surface area contributed by atoms with Crippen LogP contribution in [0.5, 0.6) is 0 Å². The Morgan fingerprint density at radius 2 is 2.06 bits per heavy atom. The molecule has 1 amide bonds. The van der Waals surface area contributed by atoms with Gasteiger partial charge >= 0.3 is 0 Å². The fourth-order valence-corrected chi connectivity index (χ4v) is 4.92. The number of benzene rings is 1. The van der Waals surface area contributed by atoms with Crippen LogP contribution in [-0.2, 0) is 16.1 Å².